The number of carbonyl (C=O) groups excluding carboxylic acids is 4. The predicted molar refractivity (Wildman–Crippen MR) is 122 cm³/mol. The van der Waals surface area contributed by atoms with E-state index in [9.17, 15) is 19.2 Å². The van der Waals surface area contributed by atoms with E-state index in [-0.39, 0.29) is 34.8 Å². The molecule has 31 heavy (non-hydrogen) atoms. The van der Waals surface area contributed by atoms with Crippen molar-refractivity contribution in [1.29, 1.82) is 0 Å². The number of hydrogen-bond donors (Lipinski definition) is 0. The normalized spacial score (nSPS) is 23.0. The number of nitrogens with zero attached hydrogens (tertiary/aromatic N) is 2. The van der Waals surface area contributed by atoms with Gasteiger partial charge in [0.15, 0.2) is 0 Å². The molecule has 0 bridgehead atoms. The second-order valence-electron chi connectivity index (χ2n) is 6.60. The fourth-order valence-corrected chi connectivity index (χ4v) is 5.10. The van der Waals surface area contributed by atoms with Crippen LogP contribution >= 0.6 is 81.6 Å². The van der Waals surface area contributed by atoms with Gasteiger partial charge in [-0.25, -0.2) is 9.21 Å². The summed E-state index contributed by atoms with van der Waals surface area (Å²) >= 11 is 34.0. The van der Waals surface area contributed by atoms with Crippen LogP contribution in [0.3, 0.4) is 0 Å². The Bertz CT molecular complexity index is 940. The molecular weight excluding hydrogens is 553 g/mol. The van der Waals surface area contributed by atoms with Crippen LogP contribution in [-0.2, 0) is 9.59 Å². The van der Waals surface area contributed by atoms with Crippen LogP contribution < -0.4 is 0 Å². The molecule has 13 heteroatoms. The Morgan fingerprint density at radius 2 is 1.42 bits per heavy atom. The maximum Gasteiger partial charge on any atom is 0.277 e. The second-order valence-corrected chi connectivity index (χ2v) is 12.9. The van der Waals surface area contributed by atoms with Crippen LogP contribution in [-0.4, -0.2) is 39.9 Å². The van der Waals surface area contributed by atoms with Gasteiger partial charge >= 0.3 is 0 Å². The molecule has 4 amide bonds. The molecule has 0 saturated carbocycles. The molecule has 3 aliphatic rings. The van der Waals surface area contributed by atoms with Crippen LogP contribution in [0.4, 0.5) is 0 Å². The minimum atomic E-state index is -2.05. The summed E-state index contributed by atoms with van der Waals surface area (Å²) < 4.78 is -2.76. The number of imide groups is 2. The largest absolute Gasteiger partial charge is 0.277 e. The summed E-state index contributed by atoms with van der Waals surface area (Å²) in [4.78, 5) is 47.8. The average molecular weight is 565 g/mol. The van der Waals surface area contributed by atoms with Crippen molar-refractivity contribution in [2.24, 2.45) is 11.8 Å². The van der Waals surface area contributed by atoms with Crippen LogP contribution in [0.15, 0.2) is 36.4 Å². The Labute approximate surface area is 211 Å². The standard InChI is InChI=1S/C9H8Cl3NO2S.C9H4Cl3NO2/c10-9(11,12)16-13-7(14)5-3-1-2-4-6(5)8(13)15;10-9(11,12)13-7(14)5-3-1-2-4-6(5)8(13)15/h1,3,5-6H,2,4H2;1-4H. The van der Waals surface area contributed by atoms with Gasteiger partial charge in [0.1, 0.15) is 0 Å². The van der Waals surface area contributed by atoms with Gasteiger partial charge in [0.25, 0.3) is 18.9 Å². The number of alkyl halides is 6. The number of rotatable bonds is 1. The van der Waals surface area contributed by atoms with Gasteiger partial charge in [-0.15, -0.1) is 0 Å². The summed E-state index contributed by atoms with van der Waals surface area (Å²) in [5.74, 6) is -2.37. The van der Waals surface area contributed by atoms with Crippen molar-refractivity contribution in [3.05, 3.63) is 47.5 Å². The van der Waals surface area contributed by atoms with Crippen molar-refractivity contribution < 1.29 is 19.2 Å². The maximum atomic E-state index is 11.9. The molecule has 0 spiro atoms. The lowest BCUT2D eigenvalue weighted by molar-refractivity contribution is -0.133. The van der Waals surface area contributed by atoms with E-state index in [0.29, 0.717) is 23.3 Å². The van der Waals surface area contributed by atoms with E-state index in [2.05, 4.69) is 0 Å². The maximum absolute atomic E-state index is 11.9. The van der Waals surface area contributed by atoms with Gasteiger partial charge in [-0.05, 0) is 25.0 Å². The molecule has 1 saturated heterocycles. The van der Waals surface area contributed by atoms with E-state index < -0.39 is 18.9 Å². The molecule has 2 unspecified atom stereocenters. The second kappa shape index (κ2) is 9.29. The fraction of sp³-hybridized carbons (Fsp3) is 0.333. The average Bonchev–Trinajstić information content (AvgIpc) is 3.08. The number of amides is 4. The zero-order chi connectivity index (χ0) is 23.1. The van der Waals surface area contributed by atoms with Gasteiger partial charge in [0.05, 0.1) is 23.0 Å². The lowest BCUT2D eigenvalue weighted by atomic mass is 9.86. The number of benzene rings is 1. The quantitative estimate of drug-likeness (QED) is 0.148. The summed E-state index contributed by atoms with van der Waals surface area (Å²) in [7, 11) is 0. The smallest absolute Gasteiger partial charge is 0.273 e. The van der Waals surface area contributed by atoms with Crippen LogP contribution in [0.25, 0.3) is 0 Å². The highest BCUT2D eigenvalue weighted by Crippen LogP contribution is 2.46. The van der Waals surface area contributed by atoms with E-state index >= 15 is 0 Å². The van der Waals surface area contributed by atoms with Crippen LogP contribution in [0.1, 0.15) is 33.6 Å². The molecule has 0 radical (unpaired) electrons. The number of allylic oxidation sites excluding steroid dienone is 1. The van der Waals surface area contributed by atoms with Crippen LogP contribution in [0.5, 0.6) is 0 Å². The third-order valence-electron chi connectivity index (χ3n) is 4.67. The zero-order valence-electron chi connectivity index (χ0n) is 15.2. The Kier molecular flexibility index (Phi) is 7.48. The monoisotopic (exact) mass is 562 g/mol. The van der Waals surface area contributed by atoms with Gasteiger partial charge in [-0.1, -0.05) is 93.9 Å². The lowest BCUT2D eigenvalue weighted by Gasteiger charge is -2.21. The first-order valence-corrected chi connectivity index (χ1v) is 11.7. The summed E-state index contributed by atoms with van der Waals surface area (Å²) in [5.41, 5.74) is 0.516. The zero-order valence-corrected chi connectivity index (χ0v) is 20.6. The summed E-state index contributed by atoms with van der Waals surface area (Å²) in [6, 6.07) is 6.33. The van der Waals surface area contributed by atoms with E-state index in [4.69, 9.17) is 69.6 Å². The third kappa shape index (κ3) is 5.29. The molecule has 166 valence electrons. The van der Waals surface area contributed by atoms with Gasteiger partial charge in [-0.2, -0.15) is 0 Å². The minimum absolute atomic E-state index is 0.254. The Hall–Kier alpha value is -0.670. The molecule has 0 aromatic heterocycles. The van der Waals surface area contributed by atoms with Crippen molar-refractivity contribution in [1.82, 2.24) is 9.21 Å². The van der Waals surface area contributed by atoms with Crippen molar-refractivity contribution >= 4 is 105 Å². The van der Waals surface area contributed by atoms with Gasteiger partial charge in [0, 0.05) is 11.9 Å². The number of carbonyl (C=O) groups is 4. The molecule has 6 nitrogen and oxygen atoms in total. The molecule has 1 aromatic rings. The van der Waals surface area contributed by atoms with Gasteiger partial charge in [0.2, 0.25) is 11.8 Å². The molecule has 0 N–H and O–H groups in total. The Balaban J connectivity index is 0.000000176. The van der Waals surface area contributed by atoms with Crippen molar-refractivity contribution in [3.63, 3.8) is 0 Å². The highest BCUT2D eigenvalue weighted by molar-refractivity contribution is 8.03. The fourth-order valence-electron chi connectivity index (χ4n) is 3.37. The van der Waals surface area contributed by atoms with Crippen molar-refractivity contribution in [2.45, 2.75) is 19.9 Å². The van der Waals surface area contributed by atoms with Crippen molar-refractivity contribution in [2.75, 3.05) is 0 Å². The molecule has 2 aliphatic heterocycles. The molecule has 2 heterocycles. The lowest BCUT2D eigenvalue weighted by Crippen LogP contribution is -2.39. The summed E-state index contributed by atoms with van der Waals surface area (Å²) in [6.07, 6.45) is 5.18. The molecule has 1 aliphatic carbocycles. The number of fused-ring (bicyclic) bond motifs is 2. The molecule has 1 fully saturated rings. The third-order valence-corrected chi connectivity index (χ3v) is 6.54. The molecule has 4 rings (SSSR count). The van der Waals surface area contributed by atoms with E-state index in [1.54, 1.807) is 18.2 Å². The van der Waals surface area contributed by atoms with E-state index in [0.717, 1.165) is 10.7 Å². The first kappa shape index (κ1) is 25.0. The predicted octanol–water partition coefficient (Wildman–Crippen LogP) is 5.52. The molecule has 1 aromatic carbocycles. The van der Waals surface area contributed by atoms with Gasteiger partial charge in [-0.3, -0.25) is 19.2 Å². The number of hydrogen-bond acceptors (Lipinski definition) is 5. The highest BCUT2D eigenvalue weighted by atomic mass is 35.6. The van der Waals surface area contributed by atoms with E-state index in [1.165, 1.54) is 12.1 Å². The highest BCUT2D eigenvalue weighted by Gasteiger charge is 2.49. The Morgan fingerprint density at radius 1 is 0.871 bits per heavy atom. The minimum Gasteiger partial charge on any atom is -0.273 e. The van der Waals surface area contributed by atoms with Crippen LogP contribution in [0.2, 0.25) is 0 Å². The van der Waals surface area contributed by atoms with Crippen LogP contribution in [0, 0.1) is 11.8 Å². The SMILES string of the molecule is O=C1C2C=CCCC2C(=O)N1SC(Cl)(Cl)Cl.O=C1c2ccccc2C(=O)N1C(Cl)(Cl)Cl. The molecular formula is C18H12Cl6N2O4S. The molecule has 2 atom stereocenters. The first-order valence-electron chi connectivity index (χ1n) is 8.68. The number of halogens is 6. The Morgan fingerprint density at radius 3 is 1.87 bits per heavy atom. The van der Waals surface area contributed by atoms with Crippen molar-refractivity contribution in [3.8, 4) is 0 Å². The van der Waals surface area contributed by atoms with E-state index in [1.807, 2.05) is 6.08 Å². The summed E-state index contributed by atoms with van der Waals surface area (Å²) in [5, 5.41) is 0. The van der Waals surface area contributed by atoms with Gasteiger partial charge < -0.3 is 0 Å². The summed E-state index contributed by atoms with van der Waals surface area (Å²) in [6.45, 7) is 0. The first-order chi connectivity index (χ1) is 14.3. The topological polar surface area (TPSA) is 74.8 Å².